The lowest BCUT2D eigenvalue weighted by Crippen LogP contribution is -2.56. The van der Waals surface area contributed by atoms with Crippen LogP contribution in [0.3, 0.4) is 0 Å². The second-order valence-corrected chi connectivity index (χ2v) is 13.5. The van der Waals surface area contributed by atoms with Gasteiger partial charge in [0.2, 0.25) is 11.8 Å². The molecule has 0 saturated carbocycles. The summed E-state index contributed by atoms with van der Waals surface area (Å²) in [6.07, 6.45) is 0.819. The predicted molar refractivity (Wildman–Crippen MR) is 166 cm³/mol. The first-order valence-electron chi connectivity index (χ1n) is 13.4. The third-order valence-electron chi connectivity index (χ3n) is 6.46. The summed E-state index contributed by atoms with van der Waals surface area (Å²) in [4.78, 5) is 29.0. The number of anilines is 1. The molecule has 1 N–H and O–H groups in total. The van der Waals surface area contributed by atoms with Crippen molar-refractivity contribution in [1.82, 2.24) is 10.2 Å². The number of sulfonamides is 1. The lowest BCUT2D eigenvalue weighted by molar-refractivity contribution is -0.140. The van der Waals surface area contributed by atoms with E-state index in [0.29, 0.717) is 12.8 Å². The molecule has 10 heteroatoms. The van der Waals surface area contributed by atoms with E-state index in [1.54, 1.807) is 24.3 Å². The highest BCUT2D eigenvalue weighted by Gasteiger charge is 2.35. The number of halogens is 2. The minimum atomic E-state index is -4.25. The zero-order valence-corrected chi connectivity index (χ0v) is 26.4. The minimum absolute atomic E-state index is 0.000273. The van der Waals surface area contributed by atoms with Crippen molar-refractivity contribution in [1.29, 1.82) is 0 Å². The van der Waals surface area contributed by atoms with Crippen molar-refractivity contribution in [2.24, 2.45) is 0 Å². The molecule has 1 atom stereocenters. The standard InChI is InChI=1S/C31H37Cl2N3O4S/c1-6-26(30(38)34-31(3,4)5)35(20-19-23-11-8-7-9-12-23)28(37)21-36(27-14-10-13-25(32)29(27)33)41(39,40)24-17-15-22(2)16-18-24/h7-18,26H,6,19-21H2,1-5H3,(H,34,38)/t26-/m0/s1. The zero-order valence-electron chi connectivity index (χ0n) is 24.0. The molecule has 2 amide bonds. The second kappa shape index (κ2) is 13.7. The van der Waals surface area contributed by atoms with Crippen molar-refractivity contribution in [3.05, 3.63) is 94.0 Å². The number of rotatable bonds is 11. The topological polar surface area (TPSA) is 86.8 Å². The predicted octanol–water partition coefficient (Wildman–Crippen LogP) is 6.26. The molecule has 3 aromatic rings. The fraction of sp³-hybridized carbons (Fsp3) is 0.355. The van der Waals surface area contributed by atoms with Crippen LogP contribution in [0.25, 0.3) is 0 Å². The quantitative estimate of drug-likeness (QED) is 0.275. The van der Waals surface area contributed by atoms with Crippen LogP contribution in [0.1, 0.15) is 45.2 Å². The zero-order chi connectivity index (χ0) is 30.4. The van der Waals surface area contributed by atoms with Gasteiger partial charge in [-0.2, -0.15) is 0 Å². The Bertz CT molecular complexity index is 1460. The van der Waals surface area contributed by atoms with Crippen molar-refractivity contribution in [3.8, 4) is 0 Å². The molecular weight excluding hydrogens is 581 g/mol. The number of nitrogens with zero attached hydrogens (tertiary/aromatic N) is 2. The van der Waals surface area contributed by atoms with Gasteiger partial charge in [-0.3, -0.25) is 13.9 Å². The lowest BCUT2D eigenvalue weighted by atomic mass is 10.1. The maximum Gasteiger partial charge on any atom is 0.264 e. The number of carbonyl (C=O) groups excluding carboxylic acids is 2. The van der Waals surface area contributed by atoms with Gasteiger partial charge in [-0.25, -0.2) is 8.42 Å². The van der Waals surface area contributed by atoms with Crippen LogP contribution in [0.5, 0.6) is 0 Å². The summed E-state index contributed by atoms with van der Waals surface area (Å²) in [5.74, 6) is -0.848. The second-order valence-electron chi connectivity index (χ2n) is 10.9. The molecule has 41 heavy (non-hydrogen) atoms. The molecule has 0 heterocycles. The lowest BCUT2D eigenvalue weighted by Gasteiger charge is -2.35. The first-order valence-corrected chi connectivity index (χ1v) is 15.6. The molecule has 0 saturated heterocycles. The van der Waals surface area contributed by atoms with Crippen molar-refractivity contribution in [2.45, 2.75) is 63.9 Å². The van der Waals surface area contributed by atoms with Crippen LogP contribution in [-0.2, 0) is 26.0 Å². The number of amides is 2. The Morgan fingerprint density at radius 2 is 1.56 bits per heavy atom. The molecule has 0 aromatic heterocycles. The largest absolute Gasteiger partial charge is 0.350 e. The van der Waals surface area contributed by atoms with E-state index >= 15 is 0 Å². The third-order valence-corrected chi connectivity index (χ3v) is 9.04. The number of aryl methyl sites for hydroxylation is 1. The van der Waals surface area contributed by atoms with Crippen molar-refractivity contribution < 1.29 is 18.0 Å². The summed E-state index contributed by atoms with van der Waals surface area (Å²) in [6.45, 7) is 8.90. The van der Waals surface area contributed by atoms with E-state index in [-0.39, 0.29) is 33.1 Å². The van der Waals surface area contributed by atoms with Crippen LogP contribution >= 0.6 is 23.2 Å². The minimum Gasteiger partial charge on any atom is -0.350 e. The Morgan fingerprint density at radius 1 is 0.927 bits per heavy atom. The summed E-state index contributed by atoms with van der Waals surface area (Å²) in [7, 11) is -4.25. The summed E-state index contributed by atoms with van der Waals surface area (Å²) < 4.78 is 28.9. The molecule has 3 aromatic carbocycles. The summed E-state index contributed by atoms with van der Waals surface area (Å²) in [6, 6.07) is 19.7. The maximum atomic E-state index is 14.1. The van der Waals surface area contributed by atoms with Crippen LogP contribution in [0.15, 0.2) is 77.7 Å². The molecule has 0 bridgehead atoms. The van der Waals surface area contributed by atoms with Gasteiger partial charge in [-0.05, 0) is 70.4 Å². The Morgan fingerprint density at radius 3 is 2.15 bits per heavy atom. The maximum absolute atomic E-state index is 14.1. The highest BCUT2D eigenvalue weighted by Crippen LogP contribution is 2.35. The van der Waals surface area contributed by atoms with E-state index in [1.807, 2.05) is 65.0 Å². The first kappa shape index (κ1) is 32.4. The van der Waals surface area contributed by atoms with Crippen molar-refractivity contribution in [2.75, 3.05) is 17.4 Å². The van der Waals surface area contributed by atoms with E-state index < -0.39 is 34.1 Å². The third kappa shape index (κ3) is 8.47. The molecular formula is C31H37Cl2N3O4S. The normalized spacial score (nSPS) is 12.5. The van der Waals surface area contributed by atoms with Crippen LogP contribution in [0, 0.1) is 6.92 Å². The van der Waals surface area contributed by atoms with E-state index in [4.69, 9.17) is 23.2 Å². The van der Waals surface area contributed by atoms with Gasteiger partial charge in [-0.1, -0.05) is 84.2 Å². The van der Waals surface area contributed by atoms with Crippen molar-refractivity contribution in [3.63, 3.8) is 0 Å². The number of nitrogens with one attached hydrogen (secondary N) is 1. The monoisotopic (exact) mass is 617 g/mol. The van der Waals surface area contributed by atoms with Gasteiger partial charge in [0, 0.05) is 12.1 Å². The van der Waals surface area contributed by atoms with Crippen LogP contribution in [0.4, 0.5) is 5.69 Å². The molecule has 3 rings (SSSR count). The van der Waals surface area contributed by atoms with Gasteiger partial charge in [0.1, 0.15) is 12.6 Å². The molecule has 0 unspecified atom stereocenters. The van der Waals surface area contributed by atoms with E-state index in [0.717, 1.165) is 15.4 Å². The molecule has 0 aliphatic rings. The molecule has 7 nitrogen and oxygen atoms in total. The summed E-state index contributed by atoms with van der Waals surface area (Å²) >= 11 is 12.8. The summed E-state index contributed by atoms with van der Waals surface area (Å²) in [5, 5.41) is 3.12. The number of hydrogen-bond acceptors (Lipinski definition) is 4. The highest BCUT2D eigenvalue weighted by atomic mass is 35.5. The Labute approximate surface area is 253 Å². The number of hydrogen-bond donors (Lipinski definition) is 1. The van der Waals surface area contributed by atoms with Gasteiger partial charge in [-0.15, -0.1) is 0 Å². The molecule has 0 spiro atoms. The molecule has 0 fully saturated rings. The van der Waals surface area contributed by atoms with Crippen LogP contribution in [0.2, 0.25) is 10.0 Å². The number of benzene rings is 3. The van der Waals surface area contributed by atoms with E-state index in [2.05, 4.69) is 5.32 Å². The average molecular weight is 619 g/mol. The van der Waals surface area contributed by atoms with Crippen LogP contribution < -0.4 is 9.62 Å². The van der Waals surface area contributed by atoms with Gasteiger partial charge >= 0.3 is 0 Å². The van der Waals surface area contributed by atoms with Crippen LogP contribution in [-0.4, -0.2) is 49.8 Å². The molecule has 220 valence electrons. The Balaban J connectivity index is 2.06. The SMILES string of the molecule is CC[C@@H](C(=O)NC(C)(C)C)N(CCc1ccccc1)C(=O)CN(c1cccc(Cl)c1Cl)S(=O)(=O)c1ccc(C)cc1. The Hall–Kier alpha value is -3.07. The molecule has 0 radical (unpaired) electrons. The average Bonchev–Trinajstić information content (AvgIpc) is 2.91. The van der Waals surface area contributed by atoms with Crippen molar-refractivity contribution >= 4 is 50.7 Å². The summed E-state index contributed by atoms with van der Waals surface area (Å²) in [5.41, 5.74) is 1.42. The van der Waals surface area contributed by atoms with Gasteiger partial charge in [0.15, 0.2) is 0 Å². The smallest absolute Gasteiger partial charge is 0.264 e. The van der Waals surface area contributed by atoms with Gasteiger partial charge in [0.05, 0.1) is 20.6 Å². The first-order chi connectivity index (χ1) is 19.2. The fourth-order valence-corrected chi connectivity index (χ4v) is 6.26. The fourth-order valence-electron chi connectivity index (χ4n) is 4.38. The number of carbonyl (C=O) groups is 2. The highest BCUT2D eigenvalue weighted by molar-refractivity contribution is 7.92. The Kier molecular flexibility index (Phi) is 10.9. The van der Waals surface area contributed by atoms with Gasteiger partial charge in [0.25, 0.3) is 10.0 Å². The van der Waals surface area contributed by atoms with E-state index in [1.165, 1.54) is 23.1 Å². The molecule has 0 aliphatic carbocycles. The molecule has 0 aliphatic heterocycles. The van der Waals surface area contributed by atoms with E-state index in [9.17, 15) is 18.0 Å². The van der Waals surface area contributed by atoms with Gasteiger partial charge < -0.3 is 10.2 Å².